The van der Waals surface area contributed by atoms with E-state index in [0.717, 1.165) is 0 Å². The number of amides is 1. The van der Waals surface area contributed by atoms with Gasteiger partial charge in [0.05, 0.1) is 6.54 Å². The van der Waals surface area contributed by atoms with E-state index >= 15 is 0 Å². The third kappa shape index (κ3) is 6.49. The van der Waals surface area contributed by atoms with Crippen LogP contribution in [0, 0.1) is 5.92 Å². The van der Waals surface area contributed by atoms with Crippen LogP contribution in [0.15, 0.2) is 17.1 Å². The molecule has 0 saturated carbocycles. The Balaban J connectivity index is 2.81. The maximum absolute atomic E-state index is 12.5. The third-order valence-electron chi connectivity index (χ3n) is 3.48. The molecule has 0 aliphatic heterocycles. The standard InChI is InChI=1S/C16H27N5O3/c1-11(2)13(22)9-20(8-6-18-12(3)4)15(23)10-21-7-5-14(17)19-16(21)24/h5,7,11-12,18H,6,8-10H2,1-4H3,(H2,17,19,24). The van der Waals surface area contributed by atoms with Crippen LogP contribution in [0.4, 0.5) is 5.82 Å². The van der Waals surface area contributed by atoms with E-state index in [1.165, 1.54) is 21.7 Å². The molecule has 0 saturated heterocycles. The van der Waals surface area contributed by atoms with Crippen LogP contribution in [0.25, 0.3) is 0 Å². The highest BCUT2D eigenvalue weighted by molar-refractivity contribution is 5.87. The van der Waals surface area contributed by atoms with Crippen molar-refractivity contribution >= 4 is 17.5 Å². The Kier molecular flexibility index (Phi) is 7.57. The van der Waals surface area contributed by atoms with Gasteiger partial charge in [-0.2, -0.15) is 4.98 Å². The number of hydrogen-bond donors (Lipinski definition) is 2. The zero-order valence-corrected chi connectivity index (χ0v) is 14.8. The normalized spacial score (nSPS) is 11.1. The molecule has 0 aliphatic rings. The number of carbonyl (C=O) groups excluding carboxylic acids is 2. The summed E-state index contributed by atoms with van der Waals surface area (Å²) < 4.78 is 1.18. The molecule has 1 heterocycles. The predicted molar refractivity (Wildman–Crippen MR) is 92.5 cm³/mol. The van der Waals surface area contributed by atoms with Crippen LogP contribution in [0.5, 0.6) is 0 Å². The van der Waals surface area contributed by atoms with Gasteiger partial charge >= 0.3 is 5.69 Å². The fourth-order valence-corrected chi connectivity index (χ4v) is 1.96. The minimum absolute atomic E-state index is 0.0179. The van der Waals surface area contributed by atoms with Gasteiger partial charge in [-0.25, -0.2) is 4.79 Å². The van der Waals surface area contributed by atoms with E-state index in [0.29, 0.717) is 13.1 Å². The van der Waals surface area contributed by atoms with Crippen molar-refractivity contribution in [3.8, 4) is 0 Å². The summed E-state index contributed by atoms with van der Waals surface area (Å²) in [5.74, 6) is -0.366. The number of carbonyl (C=O) groups is 2. The average Bonchev–Trinajstić information content (AvgIpc) is 2.48. The van der Waals surface area contributed by atoms with E-state index in [2.05, 4.69) is 10.3 Å². The molecule has 0 radical (unpaired) electrons. The summed E-state index contributed by atoms with van der Waals surface area (Å²) in [5.41, 5.74) is 4.85. The van der Waals surface area contributed by atoms with Crippen molar-refractivity contribution in [2.75, 3.05) is 25.4 Å². The number of nitrogens with zero attached hydrogens (tertiary/aromatic N) is 3. The van der Waals surface area contributed by atoms with Gasteiger partial charge in [0.1, 0.15) is 12.4 Å². The molecule has 1 amide bonds. The van der Waals surface area contributed by atoms with Gasteiger partial charge in [0.15, 0.2) is 5.78 Å². The summed E-state index contributed by atoms with van der Waals surface area (Å²) in [4.78, 5) is 41.3. The molecule has 0 bridgehead atoms. The molecule has 0 atom stereocenters. The van der Waals surface area contributed by atoms with Gasteiger partial charge in [0.25, 0.3) is 0 Å². The Morgan fingerprint density at radius 1 is 1.33 bits per heavy atom. The first-order valence-electron chi connectivity index (χ1n) is 8.07. The summed E-state index contributed by atoms with van der Waals surface area (Å²) in [7, 11) is 0. The quantitative estimate of drug-likeness (QED) is 0.650. The third-order valence-corrected chi connectivity index (χ3v) is 3.48. The second kappa shape index (κ2) is 9.17. The highest BCUT2D eigenvalue weighted by atomic mass is 16.2. The van der Waals surface area contributed by atoms with Crippen LogP contribution in [0.1, 0.15) is 27.7 Å². The first-order valence-corrected chi connectivity index (χ1v) is 8.07. The zero-order valence-electron chi connectivity index (χ0n) is 14.8. The lowest BCUT2D eigenvalue weighted by Gasteiger charge is -2.24. The summed E-state index contributed by atoms with van der Waals surface area (Å²) in [6, 6.07) is 1.74. The van der Waals surface area contributed by atoms with E-state index in [1.807, 2.05) is 13.8 Å². The summed E-state index contributed by atoms with van der Waals surface area (Å²) in [6.45, 7) is 8.44. The maximum Gasteiger partial charge on any atom is 0.349 e. The molecule has 0 aromatic carbocycles. The summed E-state index contributed by atoms with van der Waals surface area (Å²) >= 11 is 0. The van der Waals surface area contributed by atoms with Crippen molar-refractivity contribution in [2.45, 2.75) is 40.3 Å². The van der Waals surface area contributed by atoms with E-state index in [1.54, 1.807) is 13.8 Å². The van der Waals surface area contributed by atoms with Crippen molar-refractivity contribution in [1.29, 1.82) is 0 Å². The first kappa shape index (κ1) is 19.8. The number of hydrogen-bond acceptors (Lipinski definition) is 6. The van der Waals surface area contributed by atoms with Gasteiger partial charge in [-0.1, -0.05) is 27.7 Å². The largest absolute Gasteiger partial charge is 0.383 e. The number of anilines is 1. The predicted octanol–water partition coefficient (Wildman–Crippen LogP) is -0.123. The van der Waals surface area contributed by atoms with Crippen molar-refractivity contribution in [1.82, 2.24) is 19.8 Å². The molecule has 3 N–H and O–H groups in total. The van der Waals surface area contributed by atoms with Gasteiger partial charge < -0.3 is 16.0 Å². The SMILES string of the molecule is CC(C)NCCN(CC(=O)C(C)C)C(=O)Cn1ccc(N)nc1=O. The molecular weight excluding hydrogens is 310 g/mol. The molecule has 0 spiro atoms. The van der Waals surface area contributed by atoms with Gasteiger partial charge in [-0.3, -0.25) is 14.2 Å². The lowest BCUT2D eigenvalue weighted by molar-refractivity contribution is -0.136. The molecule has 1 aromatic rings. The Morgan fingerprint density at radius 3 is 2.54 bits per heavy atom. The van der Waals surface area contributed by atoms with Crippen LogP contribution < -0.4 is 16.7 Å². The van der Waals surface area contributed by atoms with E-state index in [4.69, 9.17) is 5.73 Å². The first-order chi connectivity index (χ1) is 11.2. The van der Waals surface area contributed by atoms with Crippen molar-refractivity contribution in [3.05, 3.63) is 22.7 Å². The molecular formula is C16H27N5O3. The lowest BCUT2D eigenvalue weighted by atomic mass is 10.1. The smallest absolute Gasteiger partial charge is 0.349 e. The van der Waals surface area contributed by atoms with E-state index < -0.39 is 5.69 Å². The van der Waals surface area contributed by atoms with E-state index in [9.17, 15) is 14.4 Å². The van der Waals surface area contributed by atoms with Gasteiger partial charge in [-0.15, -0.1) is 0 Å². The number of Topliss-reactive ketones (excluding diaryl/α,β-unsaturated/α-hetero) is 1. The number of rotatable bonds is 9. The summed E-state index contributed by atoms with van der Waals surface area (Å²) in [6.07, 6.45) is 1.43. The van der Waals surface area contributed by atoms with Gasteiger partial charge in [0, 0.05) is 31.2 Å². The molecule has 0 unspecified atom stereocenters. The van der Waals surface area contributed by atoms with E-state index in [-0.39, 0.29) is 42.6 Å². The minimum atomic E-state index is -0.584. The Morgan fingerprint density at radius 2 is 2.00 bits per heavy atom. The maximum atomic E-state index is 12.5. The second-order valence-corrected chi connectivity index (χ2v) is 6.31. The number of aromatic nitrogens is 2. The molecule has 134 valence electrons. The molecule has 8 heteroatoms. The molecule has 1 rings (SSSR count). The average molecular weight is 337 g/mol. The highest BCUT2D eigenvalue weighted by Crippen LogP contribution is 2.00. The molecule has 0 aliphatic carbocycles. The number of ketones is 1. The van der Waals surface area contributed by atoms with Crippen LogP contribution in [0.2, 0.25) is 0 Å². The van der Waals surface area contributed by atoms with Crippen molar-refractivity contribution in [3.63, 3.8) is 0 Å². The second-order valence-electron chi connectivity index (χ2n) is 6.31. The van der Waals surface area contributed by atoms with Crippen molar-refractivity contribution in [2.24, 2.45) is 5.92 Å². The fraction of sp³-hybridized carbons (Fsp3) is 0.625. The van der Waals surface area contributed by atoms with Gasteiger partial charge in [0.2, 0.25) is 5.91 Å². The van der Waals surface area contributed by atoms with Gasteiger partial charge in [-0.05, 0) is 6.07 Å². The number of nitrogen functional groups attached to an aromatic ring is 1. The lowest BCUT2D eigenvalue weighted by Crippen LogP contribution is -2.44. The zero-order chi connectivity index (χ0) is 18.3. The fourth-order valence-electron chi connectivity index (χ4n) is 1.96. The minimum Gasteiger partial charge on any atom is -0.383 e. The topological polar surface area (TPSA) is 110 Å². The molecule has 8 nitrogen and oxygen atoms in total. The van der Waals surface area contributed by atoms with Crippen molar-refractivity contribution < 1.29 is 9.59 Å². The number of nitrogens with two attached hydrogens (primary N) is 1. The molecule has 0 fully saturated rings. The Bertz CT molecular complexity index is 624. The highest BCUT2D eigenvalue weighted by Gasteiger charge is 2.19. The van der Waals surface area contributed by atoms with Crippen LogP contribution in [0.3, 0.4) is 0 Å². The molecule has 24 heavy (non-hydrogen) atoms. The molecule has 1 aromatic heterocycles. The number of nitrogens with one attached hydrogen (secondary N) is 1. The monoisotopic (exact) mass is 337 g/mol. The van der Waals surface area contributed by atoms with Crippen LogP contribution >= 0.6 is 0 Å². The van der Waals surface area contributed by atoms with Crippen LogP contribution in [-0.4, -0.2) is 51.8 Å². The Labute approximate surface area is 142 Å². The van der Waals surface area contributed by atoms with Crippen LogP contribution in [-0.2, 0) is 16.1 Å². The summed E-state index contributed by atoms with van der Waals surface area (Å²) in [5, 5.41) is 3.21. The Hall–Kier alpha value is -2.22.